The Labute approximate surface area is 189 Å². The summed E-state index contributed by atoms with van der Waals surface area (Å²) >= 11 is 0. The highest BCUT2D eigenvalue weighted by Gasteiger charge is 2.44. The van der Waals surface area contributed by atoms with Crippen LogP contribution in [0.4, 0.5) is 10.6 Å². The van der Waals surface area contributed by atoms with Crippen molar-refractivity contribution in [1.29, 1.82) is 0 Å². The SMILES string of the molecule is CC(C)(C)OC(=O)N[C@@H](CCCCC1O[C@@H](n2cnc3c(N)ncnc32)C(O)C1O)C(=O)O. The van der Waals surface area contributed by atoms with Crippen LogP contribution in [0.1, 0.15) is 52.7 Å². The number of hydrogen-bond acceptors (Lipinski definition) is 10. The van der Waals surface area contributed by atoms with Crippen molar-refractivity contribution in [2.75, 3.05) is 5.73 Å². The normalized spacial score (nSPS) is 24.0. The van der Waals surface area contributed by atoms with Gasteiger partial charge in [0.15, 0.2) is 17.7 Å². The standard InChI is InChI=1S/C20H30N6O7/c1-20(2,3)33-19(31)25-10(18(29)30)6-4-5-7-11-13(27)14(28)17(32-11)26-9-24-12-15(21)22-8-23-16(12)26/h8-11,13-14,17,27-28H,4-7H2,1-3H3,(H,25,31)(H,29,30)(H2,21,22,23)/t10-,11?,13?,14?,17+/m0/s1. The Hall–Kier alpha value is -3.03. The Morgan fingerprint density at radius 2 is 1.97 bits per heavy atom. The van der Waals surface area contributed by atoms with E-state index in [1.54, 1.807) is 20.8 Å². The van der Waals surface area contributed by atoms with Crippen LogP contribution >= 0.6 is 0 Å². The van der Waals surface area contributed by atoms with Gasteiger partial charge in [-0.3, -0.25) is 4.57 Å². The van der Waals surface area contributed by atoms with Gasteiger partial charge in [-0.15, -0.1) is 0 Å². The second kappa shape index (κ2) is 9.85. The number of aliphatic hydroxyl groups is 2. The number of aromatic nitrogens is 4. The lowest BCUT2D eigenvalue weighted by Crippen LogP contribution is -2.43. The number of hydrogen-bond donors (Lipinski definition) is 5. The fourth-order valence-electron chi connectivity index (χ4n) is 3.66. The van der Waals surface area contributed by atoms with Gasteiger partial charge in [0.2, 0.25) is 0 Å². The quantitative estimate of drug-likeness (QED) is 0.341. The highest BCUT2D eigenvalue weighted by atomic mass is 16.6. The summed E-state index contributed by atoms with van der Waals surface area (Å²) in [6, 6.07) is -1.10. The van der Waals surface area contributed by atoms with E-state index in [9.17, 15) is 24.9 Å². The molecular formula is C20H30N6O7. The first-order chi connectivity index (χ1) is 15.5. The molecule has 5 atom stereocenters. The van der Waals surface area contributed by atoms with Crippen molar-refractivity contribution in [3.8, 4) is 0 Å². The number of ether oxygens (including phenoxy) is 2. The highest BCUT2D eigenvalue weighted by Crippen LogP contribution is 2.34. The number of amides is 1. The maximum atomic E-state index is 11.9. The first-order valence-electron chi connectivity index (χ1n) is 10.6. The second-order valence-corrected chi connectivity index (χ2v) is 8.95. The van der Waals surface area contributed by atoms with E-state index in [-0.39, 0.29) is 12.2 Å². The molecule has 2 aromatic heterocycles. The molecule has 0 saturated carbocycles. The lowest BCUT2D eigenvalue weighted by atomic mass is 10.0. The molecule has 1 fully saturated rings. The van der Waals surface area contributed by atoms with Gasteiger partial charge in [0.25, 0.3) is 0 Å². The van der Waals surface area contributed by atoms with E-state index in [2.05, 4.69) is 20.3 Å². The predicted octanol–water partition coefficient (Wildman–Crippen LogP) is 0.566. The molecule has 1 saturated heterocycles. The predicted molar refractivity (Wildman–Crippen MR) is 115 cm³/mol. The van der Waals surface area contributed by atoms with E-state index in [4.69, 9.17) is 15.2 Å². The summed E-state index contributed by atoms with van der Waals surface area (Å²) in [4.78, 5) is 35.4. The average Bonchev–Trinajstić information content (AvgIpc) is 3.26. The molecule has 0 spiro atoms. The number of nitrogens with one attached hydrogen (secondary N) is 1. The zero-order valence-corrected chi connectivity index (χ0v) is 18.7. The molecule has 6 N–H and O–H groups in total. The molecule has 3 rings (SSSR count). The number of carbonyl (C=O) groups excluding carboxylic acids is 1. The minimum absolute atomic E-state index is 0.172. The molecule has 1 aliphatic rings. The van der Waals surface area contributed by atoms with E-state index in [1.807, 2.05) is 0 Å². The molecule has 3 heterocycles. The largest absolute Gasteiger partial charge is 0.480 e. The highest BCUT2D eigenvalue weighted by molar-refractivity contribution is 5.81. The van der Waals surface area contributed by atoms with Crippen LogP contribution in [0, 0.1) is 0 Å². The van der Waals surface area contributed by atoms with Crippen LogP contribution < -0.4 is 11.1 Å². The van der Waals surface area contributed by atoms with Gasteiger partial charge in [-0.25, -0.2) is 24.5 Å². The Balaban J connectivity index is 1.53. The third-order valence-electron chi connectivity index (χ3n) is 5.22. The van der Waals surface area contributed by atoms with Crippen LogP contribution in [-0.4, -0.2) is 76.9 Å². The topological polar surface area (TPSA) is 195 Å². The molecule has 3 unspecified atom stereocenters. The van der Waals surface area contributed by atoms with Crippen LogP contribution in [-0.2, 0) is 14.3 Å². The lowest BCUT2D eigenvalue weighted by Gasteiger charge is -2.22. The smallest absolute Gasteiger partial charge is 0.408 e. The monoisotopic (exact) mass is 466 g/mol. The summed E-state index contributed by atoms with van der Waals surface area (Å²) < 4.78 is 12.5. The summed E-state index contributed by atoms with van der Waals surface area (Å²) in [6.45, 7) is 5.06. The summed E-state index contributed by atoms with van der Waals surface area (Å²) in [6.07, 6.45) is -0.581. The number of anilines is 1. The van der Waals surface area contributed by atoms with Crippen molar-refractivity contribution in [1.82, 2.24) is 24.8 Å². The Bertz CT molecular complexity index is 991. The molecule has 0 bridgehead atoms. The first kappa shape index (κ1) is 24.6. The molecule has 1 amide bonds. The number of fused-ring (bicyclic) bond motifs is 1. The molecule has 0 radical (unpaired) electrons. The van der Waals surface area contributed by atoms with Crippen molar-refractivity contribution in [2.24, 2.45) is 0 Å². The van der Waals surface area contributed by atoms with Crippen LogP contribution in [0.25, 0.3) is 11.2 Å². The Morgan fingerprint density at radius 3 is 2.64 bits per heavy atom. The van der Waals surface area contributed by atoms with Gasteiger partial charge >= 0.3 is 12.1 Å². The van der Waals surface area contributed by atoms with Gasteiger partial charge < -0.3 is 35.8 Å². The number of carbonyl (C=O) groups is 2. The van der Waals surface area contributed by atoms with Crippen molar-refractivity contribution < 1.29 is 34.4 Å². The van der Waals surface area contributed by atoms with E-state index in [0.717, 1.165) is 0 Å². The molecular weight excluding hydrogens is 436 g/mol. The number of nitrogens with zero attached hydrogens (tertiary/aromatic N) is 4. The molecule has 33 heavy (non-hydrogen) atoms. The van der Waals surface area contributed by atoms with Crippen LogP contribution in [0.5, 0.6) is 0 Å². The number of aliphatic carboxylic acids is 1. The molecule has 1 aliphatic heterocycles. The molecule has 2 aromatic rings. The fourth-order valence-corrected chi connectivity index (χ4v) is 3.66. The zero-order chi connectivity index (χ0) is 24.3. The Kier molecular flexibility index (Phi) is 7.34. The number of carboxylic acid groups (broad SMARTS) is 1. The van der Waals surface area contributed by atoms with Crippen LogP contribution in [0.2, 0.25) is 0 Å². The maximum absolute atomic E-state index is 11.9. The molecule has 13 heteroatoms. The third-order valence-corrected chi connectivity index (χ3v) is 5.22. The average molecular weight is 466 g/mol. The van der Waals surface area contributed by atoms with Crippen molar-refractivity contribution in [3.63, 3.8) is 0 Å². The first-order valence-corrected chi connectivity index (χ1v) is 10.6. The number of rotatable bonds is 8. The number of nitrogens with two attached hydrogens (primary N) is 1. The van der Waals surface area contributed by atoms with Gasteiger partial charge in [-0.1, -0.05) is 12.8 Å². The van der Waals surface area contributed by atoms with Gasteiger partial charge in [0, 0.05) is 0 Å². The van der Waals surface area contributed by atoms with E-state index in [1.165, 1.54) is 17.2 Å². The second-order valence-electron chi connectivity index (χ2n) is 8.95. The van der Waals surface area contributed by atoms with Gasteiger partial charge in [0.05, 0.1) is 12.4 Å². The van der Waals surface area contributed by atoms with E-state index >= 15 is 0 Å². The van der Waals surface area contributed by atoms with Crippen molar-refractivity contribution in [3.05, 3.63) is 12.7 Å². The van der Waals surface area contributed by atoms with Gasteiger partial charge in [0.1, 0.15) is 35.7 Å². The molecule has 182 valence electrons. The van der Waals surface area contributed by atoms with Crippen molar-refractivity contribution >= 4 is 29.0 Å². The number of nitrogen functional groups attached to an aromatic ring is 1. The summed E-state index contributed by atoms with van der Waals surface area (Å²) in [7, 11) is 0. The number of carboxylic acids is 1. The lowest BCUT2D eigenvalue weighted by molar-refractivity contribution is -0.139. The minimum atomic E-state index is -1.22. The summed E-state index contributed by atoms with van der Waals surface area (Å²) in [5.74, 6) is -0.974. The van der Waals surface area contributed by atoms with Crippen LogP contribution in [0.15, 0.2) is 12.7 Å². The number of imidazole rings is 1. The van der Waals surface area contributed by atoms with Gasteiger partial charge in [-0.2, -0.15) is 0 Å². The number of alkyl carbamates (subject to hydrolysis) is 1. The van der Waals surface area contributed by atoms with Crippen molar-refractivity contribution in [2.45, 2.75) is 82.6 Å². The summed E-state index contributed by atoms with van der Waals surface area (Å²) in [5.41, 5.74) is 5.79. The minimum Gasteiger partial charge on any atom is -0.480 e. The van der Waals surface area contributed by atoms with E-state index in [0.29, 0.717) is 30.4 Å². The number of aliphatic hydroxyl groups excluding tert-OH is 2. The molecule has 0 aliphatic carbocycles. The van der Waals surface area contributed by atoms with E-state index < -0.39 is 48.2 Å². The molecule has 13 nitrogen and oxygen atoms in total. The van der Waals surface area contributed by atoms with Gasteiger partial charge in [-0.05, 0) is 33.6 Å². The van der Waals surface area contributed by atoms with Crippen LogP contribution in [0.3, 0.4) is 0 Å². The number of unbranched alkanes of at least 4 members (excludes halogenated alkanes) is 1. The third kappa shape index (κ3) is 5.86. The fraction of sp³-hybridized carbons (Fsp3) is 0.650. The maximum Gasteiger partial charge on any atom is 0.408 e. The Morgan fingerprint density at radius 1 is 1.24 bits per heavy atom. The molecule has 0 aromatic carbocycles. The zero-order valence-electron chi connectivity index (χ0n) is 18.7. The summed E-state index contributed by atoms with van der Waals surface area (Å²) in [5, 5.41) is 32.7.